The van der Waals surface area contributed by atoms with Gasteiger partial charge in [0, 0.05) is 0 Å². The Morgan fingerprint density at radius 3 is 2.11 bits per heavy atom. The third kappa shape index (κ3) is 4.83. The number of ether oxygens (including phenoxy) is 4. The lowest BCUT2D eigenvalue weighted by Gasteiger charge is -2.16. The molecule has 0 unspecified atom stereocenters. The van der Waals surface area contributed by atoms with Crippen LogP contribution in [0.25, 0.3) is 0 Å². The Hall–Kier alpha value is -2.93. The number of hydrogen-bond acceptors (Lipinski definition) is 6. The van der Waals surface area contributed by atoms with Gasteiger partial charge >= 0.3 is 5.97 Å². The number of benzene rings is 2. The topological polar surface area (TPSA) is 83.1 Å². The van der Waals surface area contributed by atoms with Crippen LogP contribution in [0.2, 0.25) is 5.02 Å². The number of nitrogens with one attached hydrogen (secondary N) is 1. The van der Waals surface area contributed by atoms with Gasteiger partial charge in [0.1, 0.15) is 0 Å². The molecule has 0 saturated heterocycles. The summed E-state index contributed by atoms with van der Waals surface area (Å²) in [4.78, 5) is 24.7. The molecule has 2 aromatic carbocycles. The van der Waals surface area contributed by atoms with E-state index in [2.05, 4.69) is 5.32 Å². The van der Waals surface area contributed by atoms with Crippen molar-refractivity contribution in [1.82, 2.24) is 0 Å². The highest BCUT2D eigenvalue weighted by molar-refractivity contribution is 6.33. The van der Waals surface area contributed by atoms with E-state index in [1.165, 1.54) is 40.4 Å². The highest BCUT2D eigenvalue weighted by Crippen LogP contribution is 2.38. The van der Waals surface area contributed by atoms with Crippen LogP contribution in [0.4, 0.5) is 5.69 Å². The molecule has 0 aliphatic carbocycles. The van der Waals surface area contributed by atoms with E-state index in [4.69, 9.17) is 30.5 Å². The van der Waals surface area contributed by atoms with Crippen molar-refractivity contribution in [3.8, 4) is 17.2 Å². The maximum atomic E-state index is 12.4. The molecule has 0 radical (unpaired) electrons. The normalized spacial score (nSPS) is 11.3. The van der Waals surface area contributed by atoms with Crippen LogP contribution in [0, 0.1) is 0 Å². The summed E-state index contributed by atoms with van der Waals surface area (Å²) in [6.45, 7) is 1.46. The third-order valence-electron chi connectivity index (χ3n) is 3.69. The zero-order valence-corrected chi connectivity index (χ0v) is 16.1. The second kappa shape index (κ2) is 9.14. The lowest BCUT2D eigenvalue weighted by atomic mass is 10.2. The summed E-state index contributed by atoms with van der Waals surface area (Å²) >= 11 is 6.01. The zero-order chi connectivity index (χ0) is 20.0. The van der Waals surface area contributed by atoms with Crippen molar-refractivity contribution in [3.63, 3.8) is 0 Å². The summed E-state index contributed by atoms with van der Waals surface area (Å²) in [5, 5.41) is 3.00. The molecule has 7 nitrogen and oxygen atoms in total. The van der Waals surface area contributed by atoms with Crippen LogP contribution < -0.4 is 19.5 Å². The van der Waals surface area contributed by atoms with Gasteiger partial charge in [-0.3, -0.25) is 4.79 Å². The Balaban J connectivity index is 2.14. The van der Waals surface area contributed by atoms with Crippen molar-refractivity contribution < 1.29 is 28.5 Å². The molecule has 8 heteroatoms. The second-order valence-corrected chi connectivity index (χ2v) is 5.84. The maximum Gasteiger partial charge on any atom is 0.339 e. The van der Waals surface area contributed by atoms with Gasteiger partial charge < -0.3 is 24.3 Å². The summed E-state index contributed by atoms with van der Waals surface area (Å²) in [5.74, 6) is -0.269. The number of para-hydroxylation sites is 1. The number of hydrogen-bond donors (Lipinski definition) is 1. The van der Waals surface area contributed by atoms with Crippen LogP contribution in [0.1, 0.15) is 17.3 Å². The summed E-state index contributed by atoms with van der Waals surface area (Å²) in [6.07, 6.45) is -1.05. The maximum absolute atomic E-state index is 12.4. The molecule has 144 valence electrons. The first kappa shape index (κ1) is 20.4. The van der Waals surface area contributed by atoms with Crippen molar-refractivity contribution in [2.75, 3.05) is 26.6 Å². The molecule has 1 amide bonds. The Kier molecular flexibility index (Phi) is 6.90. The van der Waals surface area contributed by atoms with E-state index in [-0.39, 0.29) is 5.56 Å². The first-order chi connectivity index (χ1) is 12.9. The van der Waals surface area contributed by atoms with E-state index in [0.717, 1.165) is 0 Å². The molecule has 0 saturated carbocycles. The fourth-order valence-electron chi connectivity index (χ4n) is 2.28. The molecule has 2 aromatic rings. The monoisotopic (exact) mass is 393 g/mol. The van der Waals surface area contributed by atoms with Gasteiger partial charge in [-0.2, -0.15) is 0 Å². The van der Waals surface area contributed by atoms with Crippen molar-refractivity contribution >= 4 is 29.2 Å². The Bertz CT molecular complexity index is 814. The van der Waals surface area contributed by atoms with Crippen molar-refractivity contribution in [2.45, 2.75) is 13.0 Å². The molecule has 2 rings (SSSR count). The molecule has 0 aliphatic rings. The second-order valence-electron chi connectivity index (χ2n) is 5.43. The predicted octanol–water partition coefficient (Wildman–Crippen LogP) is 3.55. The fourth-order valence-corrected chi connectivity index (χ4v) is 2.46. The van der Waals surface area contributed by atoms with Crippen LogP contribution in [0.5, 0.6) is 17.2 Å². The Morgan fingerprint density at radius 1 is 1.00 bits per heavy atom. The molecule has 0 bridgehead atoms. The van der Waals surface area contributed by atoms with Crippen LogP contribution in [0.3, 0.4) is 0 Å². The van der Waals surface area contributed by atoms with Gasteiger partial charge in [-0.1, -0.05) is 23.7 Å². The fraction of sp³-hybridized carbons (Fsp3) is 0.263. The number of carbonyl (C=O) groups excluding carboxylic acids is 2. The molecule has 0 fully saturated rings. The molecule has 0 aliphatic heterocycles. The largest absolute Gasteiger partial charge is 0.493 e. The SMILES string of the molecule is COc1cc(C(=O)O[C@@H](C)C(=O)Nc2ccccc2Cl)cc(OC)c1OC. The minimum absolute atomic E-state index is 0.155. The van der Waals surface area contributed by atoms with Gasteiger partial charge in [0.05, 0.1) is 37.6 Å². The molecule has 1 atom stereocenters. The van der Waals surface area contributed by atoms with Crippen molar-refractivity contribution in [1.29, 1.82) is 0 Å². The average molecular weight is 394 g/mol. The lowest BCUT2D eigenvalue weighted by molar-refractivity contribution is -0.123. The predicted molar refractivity (Wildman–Crippen MR) is 101 cm³/mol. The molecular weight excluding hydrogens is 374 g/mol. The summed E-state index contributed by atoms with van der Waals surface area (Å²) < 4.78 is 20.9. The van der Waals surface area contributed by atoms with Gasteiger partial charge in [-0.05, 0) is 31.2 Å². The minimum atomic E-state index is -1.05. The number of esters is 1. The van der Waals surface area contributed by atoms with Gasteiger partial charge in [-0.25, -0.2) is 4.79 Å². The summed E-state index contributed by atoms with van der Waals surface area (Å²) in [7, 11) is 4.33. The zero-order valence-electron chi connectivity index (χ0n) is 15.4. The van der Waals surface area contributed by atoms with E-state index < -0.39 is 18.0 Å². The highest BCUT2D eigenvalue weighted by atomic mass is 35.5. The van der Waals surface area contributed by atoms with Gasteiger partial charge in [-0.15, -0.1) is 0 Å². The molecule has 0 spiro atoms. The van der Waals surface area contributed by atoms with E-state index in [1.54, 1.807) is 24.3 Å². The van der Waals surface area contributed by atoms with E-state index >= 15 is 0 Å². The molecule has 0 aromatic heterocycles. The van der Waals surface area contributed by atoms with Crippen LogP contribution >= 0.6 is 11.6 Å². The van der Waals surface area contributed by atoms with Crippen molar-refractivity contribution in [2.24, 2.45) is 0 Å². The highest BCUT2D eigenvalue weighted by Gasteiger charge is 2.22. The first-order valence-electron chi connectivity index (χ1n) is 7.97. The average Bonchev–Trinajstić information content (AvgIpc) is 2.68. The van der Waals surface area contributed by atoms with Gasteiger partial charge in [0.2, 0.25) is 5.75 Å². The van der Waals surface area contributed by atoms with Crippen LogP contribution in [0.15, 0.2) is 36.4 Å². The lowest BCUT2D eigenvalue weighted by Crippen LogP contribution is -2.30. The molecule has 0 heterocycles. The number of carbonyl (C=O) groups is 2. The molecular formula is C19H20ClNO6. The Labute approximate surface area is 162 Å². The molecule has 27 heavy (non-hydrogen) atoms. The van der Waals surface area contributed by atoms with Crippen LogP contribution in [-0.4, -0.2) is 39.3 Å². The van der Waals surface area contributed by atoms with Crippen molar-refractivity contribution in [3.05, 3.63) is 47.0 Å². The smallest absolute Gasteiger partial charge is 0.339 e. The summed E-state index contributed by atoms with van der Waals surface area (Å²) in [5.41, 5.74) is 0.585. The third-order valence-corrected chi connectivity index (χ3v) is 4.01. The van der Waals surface area contributed by atoms with E-state index in [1.807, 2.05) is 0 Å². The molecule has 1 N–H and O–H groups in total. The number of methoxy groups -OCH3 is 3. The van der Waals surface area contributed by atoms with Gasteiger partial charge in [0.25, 0.3) is 5.91 Å². The minimum Gasteiger partial charge on any atom is -0.493 e. The van der Waals surface area contributed by atoms with E-state index in [9.17, 15) is 9.59 Å². The first-order valence-corrected chi connectivity index (χ1v) is 8.35. The number of anilines is 1. The number of amides is 1. The quantitative estimate of drug-likeness (QED) is 0.724. The van der Waals surface area contributed by atoms with Gasteiger partial charge in [0.15, 0.2) is 17.6 Å². The summed E-state index contributed by atoms with van der Waals surface area (Å²) in [6, 6.07) is 9.66. The Morgan fingerprint density at radius 2 is 1.59 bits per heavy atom. The standard InChI is InChI=1S/C19H20ClNO6/c1-11(18(22)21-14-8-6-5-7-13(14)20)27-19(23)12-9-15(24-2)17(26-4)16(10-12)25-3/h5-11H,1-4H3,(H,21,22)/t11-/m0/s1. The van der Waals surface area contributed by atoms with E-state index in [0.29, 0.717) is 28.0 Å². The van der Waals surface area contributed by atoms with Crippen LogP contribution in [-0.2, 0) is 9.53 Å². The number of halogens is 1. The number of rotatable bonds is 7.